The Morgan fingerprint density at radius 1 is 1.29 bits per heavy atom. The molecule has 0 aromatic carbocycles. The number of rotatable bonds is 6. The fourth-order valence-electron chi connectivity index (χ4n) is 2.82. The van der Waals surface area contributed by atoms with Gasteiger partial charge in [0.05, 0.1) is 11.1 Å². The topological polar surface area (TPSA) is 159 Å². The van der Waals surface area contributed by atoms with Gasteiger partial charge in [-0.3, -0.25) is 9.59 Å². The third kappa shape index (κ3) is 4.09. The van der Waals surface area contributed by atoms with Gasteiger partial charge in [-0.15, -0.1) is 22.7 Å². The standard InChI is InChI=1S/C16H17N3O6S3/c1-7(25-16(22)8-5-11(26-6-8)28(18,23)24)14(21)19-15-12(13(17)20)9-3-2-4-10(9)27-15/h5-7H,2-4H2,1H3,(H2,17,20)(H,19,21)(H2,18,23,24). The number of nitrogens with one attached hydrogen (secondary N) is 1. The number of nitrogens with two attached hydrogens (primary N) is 2. The van der Waals surface area contributed by atoms with Crippen molar-refractivity contribution >= 4 is 55.5 Å². The van der Waals surface area contributed by atoms with Crippen molar-refractivity contribution in [3.63, 3.8) is 0 Å². The summed E-state index contributed by atoms with van der Waals surface area (Å²) < 4.78 is 27.5. The SMILES string of the molecule is CC(OC(=O)c1csc(S(N)(=O)=O)c1)C(=O)Nc1sc2c(c1C(N)=O)CCC2. The summed E-state index contributed by atoms with van der Waals surface area (Å²) in [5, 5.41) is 9.22. The third-order valence-electron chi connectivity index (χ3n) is 4.15. The molecule has 12 heteroatoms. The van der Waals surface area contributed by atoms with Gasteiger partial charge in [0, 0.05) is 10.3 Å². The molecule has 28 heavy (non-hydrogen) atoms. The van der Waals surface area contributed by atoms with Crippen molar-refractivity contribution in [2.45, 2.75) is 36.5 Å². The van der Waals surface area contributed by atoms with Gasteiger partial charge in [-0.25, -0.2) is 18.4 Å². The van der Waals surface area contributed by atoms with E-state index in [1.54, 1.807) is 0 Å². The Hall–Kier alpha value is -2.28. The van der Waals surface area contributed by atoms with Crippen LogP contribution in [0.4, 0.5) is 5.00 Å². The number of sulfonamides is 1. The number of carbonyl (C=O) groups excluding carboxylic acids is 3. The summed E-state index contributed by atoms with van der Waals surface area (Å²) in [6.07, 6.45) is 1.31. The van der Waals surface area contributed by atoms with Crippen LogP contribution >= 0.6 is 22.7 Å². The second kappa shape index (κ2) is 7.62. The zero-order valence-electron chi connectivity index (χ0n) is 14.7. The molecule has 3 rings (SSSR count). The van der Waals surface area contributed by atoms with Crippen LogP contribution in [0.25, 0.3) is 0 Å². The maximum Gasteiger partial charge on any atom is 0.339 e. The molecular formula is C16H17N3O6S3. The van der Waals surface area contributed by atoms with Gasteiger partial charge in [0.25, 0.3) is 11.8 Å². The number of hydrogen-bond donors (Lipinski definition) is 3. The first-order chi connectivity index (χ1) is 13.1. The Morgan fingerprint density at radius 2 is 2.00 bits per heavy atom. The molecule has 0 saturated carbocycles. The molecule has 0 saturated heterocycles. The minimum atomic E-state index is -3.92. The second-order valence-electron chi connectivity index (χ2n) is 6.16. The van der Waals surface area contributed by atoms with Gasteiger partial charge in [0.1, 0.15) is 9.21 Å². The van der Waals surface area contributed by atoms with E-state index in [9.17, 15) is 22.8 Å². The highest BCUT2D eigenvalue weighted by atomic mass is 32.2. The summed E-state index contributed by atoms with van der Waals surface area (Å²) >= 11 is 2.07. The number of esters is 1. The van der Waals surface area contributed by atoms with Gasteiger partial charge in [-0.2, -0.15) is 0 Å². The number of primary sulfonamides is 1. The molecule has 1 unspecified atom stereocenters. The highest BCUT2D eigenvalue weighted by Crippen LogP contribution is 2.38. The van der Waals surface area contributed by atoms with E-state index in [4.69, 9.17) is 15.6 Å². The van der Waals surface area contributed by atoms with Crippen LogP contribution in [0.5, 0.6) is 0 Å². The number of primary amides is 1. The maximum atomic E-state index is 12.4. The van der Waals surface area contributed by atoms with Gasteiger partial charge in [0.2, 0.25) is 10.0 Å². The average Bonchev–Trinajstić information content (AvgIpc) is 3.28. The summed E-state index contributed by atoms with van der Waals surface area (Å²) in [6, 6.07) is 1.09. The summed E-state index contributed by atoms with van der Waals surface area (Å²) in [7, 11) is -3.92. The molecule has 0 radical (unpaired) electrons. The van der Waals surface area contributed by atoms with E-state index < -0.39 is 33.9 Å². The van der Waals surface area contributed by atoms with Crippen molar-refractivity contribution in [1.82, 2.24) is 0 Å². The lowest BCUT2D eigenvalue weighted by Crippen LogP contribution is -2.30. The second-order valence-corrected chi connectivity index (χ2v) is 9.97. The number of ether oxygens (including phenoxy) is 1. The fraction of sp³-hybridized carbons (Fsp3) is 0.312. The number of hydrogen-bond acceptors (Lipinski definition) is 8. The smallest absolute Gasteiger partial charge is 0.339 e. The van der Waals surface area contributed by atoms with Crippen molar-refractivity contribution in [2.75, 3.05) is 5.32 Å². The molecule has 2 aromatic heterocycles. The number of aryl methyl sites for hydroxylation is 1. The van der Waals surface area contributed by atoms with Crippen molar-refractivity contribution in [3.05, 3.63) is 33.0 Å². The van der Waals surface area contributed by atoms with Crippen LogP contribution in [-0.2, 0) is 32.4 Å². The van der Waals surface area contributed by atoms with E-state index >= 15 is 0 Å². The Kier molecular flexibility index (Phi) is 5.57. The summed E-state index contributed by atoms with van der Waals surface area (Å²) in [5.41, 5.74) is 6.60. The number of thiophene rings is 2. The molecule has 1 atom stereocenters. The molecule has 150 valence electrons. The van der Waals surface area contributed by atoms with E-state index in [0.29, 0.717) is 10.6 Å². The molecule has 1 aliphatic rings. The van der Waals surface area contributed by atoms with Gasteiger partial charge < -0.3 is 15.8 Å². The predicted octanol–water partition coefficient (Wildman–Crippen LogP) is 1.23. The van der Waals surface area contributed by atoms with Crippen LogP contribution in [0, 0.1) is 0 Å². The van der Waals surface area contributed by atoms with Crippen LogP contribution in [0.3, 0.4) is 0 Å². The lowest BCUT2D eigenvalue weighted by Gasteiger charge is -2.13. The predicted molar refractivity (Wildman–Crippen MR) is 104 cm³/mol. The Balaban J connectivity index is 1.69. The molecule has 2 aromatic rings. The zero-order valence-corrected chi connectivity index (χ0v) is 17.1. The molecule has 9 nitrogen and oxygen atoms in total. The van der Waals surface area contributed by atoms with E-state index in [1.807, 2.05) is 0 Å². The normalized spacial score (nSPS) is 14.4. The van der Waals surface area contributed by atoms with Gasteiger partial charge in [-0.1, -0.05) is 0 Å². The lowest BCUT2D eigenvalue weighted by atomic mass is 10.1. The Bertz CT molecular complexity index is 1070. The van der Waals surface area contributed by atoms with E-state index in [2.05, 4.69) is 5.32 Å². The van der Waals surface area contributed by atoms with Crippen molar-refractivity contribution in [1.29, 1.82) is 0 Å². The highest BCUT2D eigenvalue weighted by Gasteiger charge is 2.28. The molecule has 5 N–H and O–H groups in total. The molecule has 2 amide bonds. The molecule has 0 aliphatic heterocycles. The van der Waals surface area contributed by atoms with Crippen molar-refractivity contribution in [3.8, 4) is 0 Å². The fourth-order valence-corrected chi connectivity index (χ4v) is 5.69. The Labute approximate surface area is 168 Å². The molecule has 0 fully saturated rings. The summed E-state index contributed by atoms with van der Waals surface area (Å²) in [4.78, 5) is 37.3. The monoisotopic (exact) mass is 443 g/mol. The number of carbonyl (C=O) groups is 3. The number of amides is 2. The van der Waals surface area contributed by atoms with Crippen LogP contribution in [0.2, 0.25) is 0 Å². The minimum absolute atomic E-state index is 0.0263. The third-order valence-corrected chi connectivity index (χ3v) is 7.74. The van der Waals surface area contributed by atoms with Gasteiger partial charge in [-0.05, 0) is 37.8 Å². The minimum Gasteiger partial charge on any atom is -0.449 e. The first-order valence-electron chi connectivity index (χ1n) is 8.15. The van der Waals surface area contributed by atoms with Gasteiger partial charge >= 0.3 is 5.97 Å². The summed E-state index contributed by atoms with van der Waals surface area (Å²) in [6.45, 7) is 1.37. The first kappa shape index (κ1) is 20.5. The summed E-state index contributed by atoms with van der Waals surface area (Å²) in [5.74, 6) is -2.11. The zero-order chi connectivity index (χ0) is 20.6. The average molecular weight is 444 g/mol. The lowest BCUT2D eigenvalue weighted by molar-refractivity contribution is -0.123. The van der Waals surface area contributed by atoms with Crippen LogP contribution in [-0.4, -0.2) is 32.3 Å². The molecule has 0 bridgehead atoms. The van der Waals surface area contributed by atoms with E-state index in [-0.39, 0.29) is 9.77 Å². The highest BCUT2D eigenvalue weighted by molar-refractivity contribution is 7.91. The van der Waals surface area contributed by atoms with E-state index in [1.165, 1.54) is 23.6 Å². The molecule has 2 heterocycles. The number of fused-ring (bicyclic) bond motifs is 1. The van der Waals surface area contributed by atoms with Gasteiger partial charge in [0.15, 0.2) is 6.10 Å². The largest absolute Gasteiger partial charge is 0.449 e. The molecule has 1 aliphatic carbocycles. The first-order valence-corrected chi connectivity index (χ1v) is 11.4. The maximum absolute atomic E-state index is 12.4. The van der Waals surface area contributed by atoms with Crippen LogP contribution < -0.4 is 16.2 Å². The van der Waals surface area contributed by atoms with E-state index in [0.717, 1.165) is 47.1 Å². The molecule has 0 spiro atoms. The van der Waals surface area contributed by atoms with Crippen LogP contribution in [0.1, 0.15) is 44.5 Å². The van der Waals surface area contributed by atoms with Crippen molar-refractivity contribution in [2.24, 2.45) is 10.9 Å². The quantitative estimate of drug-likeness (QED) is 0.569. The van der Waals surface area contributed by atoms with Crippen molar-refractivity contribution < 1.29 is 27.5 Å². The Morgan fingerprint density at radius 3 is 2.61 bits per heavy atom. The van der Waals surface area contributed by atoms with Crippen LogP contribution in [0.15, 0.2) is 15.7 Å². The molecular weight excluding hydrogens is 426 g/mol. The number of anilines is 1.